The Balaban J connectivity index is 0.000000187. The van der Waals surface area contributed by atoms with E-state index in [4.69, 9.17) is 37.0 Å². The van der Waals surface area contributed by atoms with E-state index in [0.717, 1.165) is 83.8 Å². The number of hydrogen-bond donors (Lipinski definition) is 0. The summed E-state index contributed by atoms with van der Waals surface area (Å²) in [5.41, 5.74) is 19.4. The molecule has 0 unspecified atom stereocenters. The zero-order valence-electron chi connectivity index (χ0n) is 84.2. The fourth-order valence-corrected chi connectivity index (χ4v) is 11.8. The Morgan fingerprint density at radius 3 is 1.01 bits per heavy atom. The van der Waals surface area contributed by atoms with Gasteiger partial charge in [-0.25, -0.2) is 18.3 Å². The van der Waals surface area contributed by atoms with E-state index in [1.165, 1.54) is 6.20 Å². The minimum atomic E-state index is -2.47. The van der Waals surface area contributed by atoms with E-state index < -0.39 is 73.0 Å². The van der Waals surface area contributed by atoms with E-state index >= 15 is 0 Å². The van der Waals surface area contributed by atoms with Crippen LogP contribution in [0.5, 0.6) is 0 Å². The number of hydrogen-bond acceptors (Lipinski definition) is 0. The molecular weight excluding hydrogens is 1160 g/mol. The maximum atomic E-state index is 8.64. The van der Waals surface area contributed by atoms with Gasteiger partial charge in [0.2, 0.25) is 22.8 Å². The van der Waals surface area contributed by atoms with Crippen molar-refractivity contribution in [3.63, 3.8) is 0 Å². The first-order valence-corrected chi connectivity index (χ1v) is 32.0. The van der Waals surface area contributed by atoms with E-state index in [-0.39, 0.29) is 33.4 Å². The number of pyridine rings is 4. The van der Waals surface area contributed by atoms with E-state index in [1.54, 1.807) is 172 Å². The lowest BCUT2D eigenvalue weighted by atomic mass is 9.92. The van der Waals surface area contributed by atoms with E-state index in [2.05, 4.69) is 0 Å². The molecule has 0 saturated heterocycles. The van der Waals surface area contributed by atoms with Crippen LogP contribution in [0.1, 0.15) is 154 Å². The Bertz CT molecular complexity index is 5870. The summed E-state index contributed by atoms with van der Waals surface area (Å²) >= 11 is 0. The van der Waals surface area contributed by atoms with Crippen LogP contribution in [0.25, 0.3) is 89.5 Å². The molecule has 0 radical (unpaired) electrons. The van der Waals surface area contributed by atoms with Gasteiger partial charge in [-0.15, -0.1) is 0 Å². The van der Waals surface area contributed by atoms with Crippen molar-refractivity contribution in [1.82, 2.24) is 0 Å². The molecule has 0 fully saturated rings. The van der Waals surface area contributed by atoms with Gasteiger partial charge >= 0.3 is 0 Å². The highest BCUT2D eigenvalue weighted by atomic mass is 14.9. The van der Waals surface area contributed by atoms with Crippen molar-refractivity contribution in [3.05, 3.63) is 308 Å². The topological polar surface area (TPSA) is 15.5 Å². The third kappa shape index (κ3) is 16.7. The Labute approximate surface area is 614 Å². The van der Waals surface area contributed by atoms with E-state index in [9.17, 15) is 0 Å². The van der Waals surface area contributed by atoms with Crippen LogP contribution in [-0.2, 0) is 34.6 Å². The summed E-state index contributed by atoms with van der Waals surface area (Å²) in [6.07, 6.45) is 4.48. The van der Waals surface area contributed by atoms with Gasteiger partial charge in [0.1, 0.15) is 28.2 Å². The third-order valence-electron chi connectivity index (χ3n) is 17.2. The van der Waals surface area contributed by atoms with Crippen molar-refractivity contribution < 1.29 is 55.3 Å². The van der Waals surface area contributed by atoms with Crippen LogP contribution < -0.4 is 18.3 Å². The minimum absolute atomic E-state index is 0.0148. The van der Waals surface area contributed by atoms with Gasteiger partial charge in [-0.1, -0.05) is 173 Å². The third-order valence-corrected chi connectivity index (χ3v) is 17.2. The first kappa shape index (κ1) is 42.7. The molecule has 4 heteroatoms. The Morgan fingerprint density at radius 2 is 0.646 bits per heavy atom. The molecular formula is C92H104N4+4. The van der Waals surface area contributed by atoms with Crippen LogP contribution in [-0.4, -0.2) is 0 Å². The molecule has 4 aromatic heterocycles. The van der Waals surface area contributed by atoms with Crippen LogP contribution >= 0.6 is 0 Å². The first-order valence-electron chi connectivity index (χ1n) is 45.5. The monoisotopic (exact) mass is 1290 g/mol. The molecule has 12 rings (SSSR count). The summed E-state index contributed by atoms with van der Waals surface area (Å²) in [7, 11) is 7.16. The second-order valence-corrected chi connectivity index (χ2v) is 25.1. The number of nitrogens with zero attached hydrogens (tertiary/aromatic N) is 4. The Morgan fingerprint density at radius 1 is 0.302 bits per heavy atom. The highest BCUT2D eigenvalue weighted by Crippen LogP contribution is 2.36. The lowest BCUT2D eigenvalue weighted by Gasteiger charge is -2.13. The molecule has 12 aromatic rings. The lowest BCUT2D eigenvalue weighted by Crippen LogP contribution is -2.32. The Kier molecular flexibility index (Phi) is 13.9. The van der Waals surface area contributed by atoms with Crippen LogP contribution in [0.15, 0.2) is 225 Å². The van der Waals surface area contributed by atoms with Gasteiger partial charge in [-0.05, 0) is 244 Å². The summed E-state index contributed by atoms with van der Waals surface area (Å²) in [5.74, 6) is -1.54. The summed E-state index contributed by atoms with van der Waals surface area (Å²) < 4.78 is 221. The summed E-state index contributed by atoms with van der Waals surface area (Å²) in [6.45, 7) is -1.59. The van der Waals surface area contributed by atoms with Crippen LogP contribution in [0.3, 0.4) is 0 Å². The minimum Gasteiger partial charge on any atom is -0.201 e. The van der Waals surface area contributed by atoms with Crippen LogP contribution in [0, 0.1) is 95.4 Å². The number of benzene rings is 8. The molecule has 8 aromatic carbocycles. The average Bonchev–Trinajstić information content (AvgIpc) is 0.756. The highest BCUT2D eigenvalue weighted by Gasteiger charge is 2.22. The summed E-state index contributed by atoms with van der Waals surface area (Å²) in [6, 6.07) is 59.7. The molecule has 0 amide bonds. The molecule has 488 valence electrons. The molecule has 0 aliphatic carbocycles. The zero-order valence-corrected chi connectivity index (χ0v) is 57.2. The lowest BCUT2D eigenvalue weighted by molar-refractivity contribution is -0.660. The predicted octanol–water partition coefficient (Wildman–Crippen LogP) is 21.7. The molecule has 4 nitrogen and oxygen atoms in total. The molecule has 4 heterocycles. The van der Waals surface area contributed by atoms with Crippen molar-refractivity contribution >= 4 is 0 Å². The first-order chi connectivity index (χ1) is 56.5. The van der Waals surface area contributed by atoms with Crippen molar-refractivity contribution in [3.8, 4) is 89.5 Å². The average molecular weight is 1290 g/mol. The van der Waals surface area contributed by atoms with Gasteiger partial charge in [0, 0.05) is 106 Å². The van der Waals surface area contributed by atoms with Crippen molar-refractivity contribution in [1.29, 1.82) is 0 Å². The van der Waals surface area contributed by atoms with Gasteiger partial charge in [-0.3, -0.25) is 0 Å². The molecule has 0 aliphatic rings. The van der Waals surface area contributed by atoms with Gasteiger partial charge in [0.25, 0.3) is 0 Å². The normalized spacial score (nSPS) is 16.5. The second kappa shape index (κ2) is 31.3. The standard InChI is InChI=1S/C25H30N.C24H28N.C22H24N.C21H22N/c1-17(2)13-22-15-25(26(6)16-20(22)5)24-14-21(12-11-19(24)4)23-10-8-7-9-18(23)3;1-16(2)22-14-24(25(6)15-19(22)5)23-13-20(12-11-18(23)4)21-10-8-7-9-17(21)3;1-15-8-6-7-9-20(15)19-11-10-16(2)21(13-19)22-12-17(3)18(4)14-23(22)5;1-15-9-12-21(22(4)14-15)20-13-18(11-10-17(20)3)19-8-6-5-7-16(19)2/h7-12,14-17H,13H2,1-6H3;7-16H,1-6H3;6-14H,1-5H3;5-14H,1-4H3/q4*+1/i3D3,5D3,13D2;3D3,5D3,16D;1D3,4D3;1D3,2D3. The molecule has 0 aliphatic heterocycles. The highest BCUT2D eigenvalue weighted by molar-refractivity contribution is 5.78. The van der Waals surface area contributed by atoms with E-state index in [1.807, 2.05) is 156 Å². The maximum absolute atomic E-state index is 8.64. The SMILES string of the molecule is [2H]C([2H])([2H])c1c[n+](C)c(-c2cc(-c3ccccc3C([2H])([2H])[2H])ccc2C)cc1C.[2H]C([2H])([2H])c1ccc(-c2cc(-c3ccccc3C([2H])([2H])[2H])ccc2C)[n+](C)c1.[2H]C([2H])([2H])c1ccccc1-c1ccc(C)c(-c2cc(C([2H])(C)C)c(C([2H])([2H])[2H])c[n+]2C)c1.[2H]C([2H])([2H])c1ccccc1-c1ccc(C)c(-c2cc(C([2H])([2H])C(C)C)c(C([2H])([2H])[2H])c[n+]2C)c1. The van der Waals surface area contributed by atoms with Crippen molar-refractivity contribution in [2.24, 2.45) is 34.1 Å². The van der Waals surface area contributed by atoms with Crippen LogP contribution in [0.2, 0.25) is 0 Å². The predicted molar refractivity (Wildman–Crippen MR) is 408 cm³/mol. The molecule has 0 bridgehead atoms. The maximum Gasteiger partial charge on any atom is 0.212 e. The molecule has 0 spiro atoms. The molecule has 0 atom stereocenters. The van der Waals surface area contributed by atoms with Crippen LogP contribution in [0.4, 0.5) is 0 Å². The molecule has 0 N–H and O–H groups in total. The number of rotatable bonds is 11. The van der Waals surface area contributed by atoms with Gasteiger partial charge in [0.05, 0.1) is 0 Å². The summed E-state index contributed by atoms with van der Waals surface area (Å²) in [4.78, 5) is 0. The fourth-order valence-electron chi connectivity index (χ4n) is 11.8. The smallest absolute Gasteiger partial charge is 0.201 e. The van der Waals surface area contributed by atoms with Gasteiger partial charge < -0.3 is 0 Å². The van der Waals surface area contributed by atoms with Gasteiger partial charge in [0.15, 0.2) is 24.8 Å². The fraction of sp³-hybridized carbons (Fsp3) is 0.261. The summed E-state index contributed by atoms with van der Waals surface area (Å²) in [5, 5.41) is 0. The molecule has 96 heavy (non-hydrogen) atoms. The number of aromatic nitrogens is 4. The molecule has 0 saturated carbocycles. The second-order valence-electron chi connectivity index (χ2n) is 25.1. The van der Waals surface area contributed by atoms with Crippen molar-refractivity contribution in [2.45, 2.75) is 129 Å². The zero-order chi connectivity index (χ0) is 91.9. The van der Waals surface area contributed by atoms with E-state index in [0.29, 0.717) is 55.8 Å². The quantitative estimate of drug-likeness (QED) is 0.115. The number of aryl methyl sites for hydroxylation is 17. The van der Waals surface area contributed by atoms with Gasteiger partial charge in [-0.2, -0.15) is 0 Å². The van der Waals surface area contributed by atoms with Crippen molar-refractivity contribution in [2.75, 3.05) is 0 Å². The largest absolute Gasteiger partial charge is 0.212 e. The Hall–Kier alpha value is -9.64.